The van der Waals surface area contributed by atoms with E-state index in [1.807, 2.05) is 6.92 Å². The van der Waals surface area contributed by atoms with Crippen molar-refractivity contribution in [1.82, 2.24) is 9.97 Å². The topological polar surface area (TPSA) is 57.8 Å². The van der Waals surface area contributed by atoms with E-state index >= 15 is 0 Å². The number of anilines is 1. The smallest absolute Gasteiger partial charge is 0.252 e. The Hall–Kier alpha value is -1.32. The van der Waals surface area contributed by atoms with E-state index in [0.29, 0.717) is 6.04 Å². The summed E-state index contributed by atoms with van der Waals surface area (Å²) < 4.78 is 0. The van der Waals surface area contributed by atoms with Crippen LogP contribution in [0.15, 0.2) is 10.9 Å². The van der Waals surface area contributed by atoms with Crippen molar-refractivity contribution >= 4 is 5.82 Å². The Morgan fingerprint density at radius 3 is 2.78 bits per heavy atom. The zero-order chi connectivity index (χ0) is 12.3. The zero-order valence-corrected chi connectivity index (χ0v) is 10.6. The minimum atomic E-state index is -0.0434. The highest BCUT2D eigenvalue weighted by Gasteiger charge is 2.65. The third kappa shape index (κ3) is 1.44. The van der Waals surface area contributed by atoms with Gasteiger partial charge < -0.3 is 10.3 Å². The van der Waals surface area contributed by atoms with Gasteiger partial charge in [-0.05, 0) is 42.9 Å². The van der Waals surface area contributed by atoms with Crippen LogP contribution in [0.5, 0.6) is 0 Å². The lowest BCUT2D eigenvalue weighted by molar-refractivity contribution is 0.456. The molecule has 3 aliphatic carbocycles. The first-order valence-corrected chi connectivity index (χ1v) is 7.13. The van der Waals surface area contributed by atoms with Crippen LogP contribution in [-0.4, -0.2) is 16.0 Å². The standard InChI is InChI=1S/C14H19N3O/c1-2-9-15-10(6-11(18)16-9)17-14-12-7-3-4-8(5-7)13(12)14/h6-8,12-14H,2-5H2,1H3,(H2,15,16,17,18). The first kappa shape index (κ1) is 10.6. The molecule has 3 saturated carbocycles. The zero-order valence-electron chi connectivity index (χ0n) is 10.6. The number of rotatable bonds is 3. The fraction of sp³-hybridized carbons (Fsp3) is 0.714. The molecule has 0 spiro atoms. The lowest BCUT2D eigenvalue weighted by Gasteiger charge is -2.11. The van der Waals surface area contributed by atoms with E-state index in [9.17, 15) is 4.79 Å². The molecule has 3 aliphatic rings. The number of nitrogens with zero attached hydrogens (tertiary/aromatic N) is 1. The molecule has 1 aromatic rings. The van der Waals surface area contributed by atoms with Crippen molar-refractivity contribution in [1.29, 1.82) is 0 Å². The fourth-order valence-electron chi connectivity index (χ4n) is 4.44. The summed E-state index contributed by atoms with van der Waals surface area (Å²) in [6.07, 6.45) is 5.07. The molecule has 1 heterocycles. The average molecular weight is 245 g/mol. The Balaban J connectivity index is 1.53. The van der Waals surface area contributed by atoms with Crippen molar-refractivity contribution in [2.45, 2.75) is 38.6 Å². The molecule has 3 fully saturated rings. The number of hydrogen-bond acceptors (Lipinski definition) is 3. The summed E-state index contributed by atoms with van der Waals surface area (Å²) in [6.45, 7) is 2.01. The van der Waals surface area contributed by atoms with Gasteiger partial charge in [0.25, 0.3) is 5.56 Å². The molecule has 4 rings (SSSR count). The van der Waals surface area contributed by atoms with Gasteiger partial charge in [0.1, 0.15) is 11.6 Å². The van der Waals surface area contributed by atoms with Crippen LogP contribution >= 0.6 is 0 Å². The SMILES string of the molecule is CCc1nc(NC2C3C4CCC(C4)C23)cc(=O)[nH]1. The molecule has 2 N–H and O–H groups in total. The summed E-state index contributed by atoms with van der Waals surface area (Å²) in [4.78, 5) is 18.8. The summed E-state index contributed by atoms with van der Waals surface area (Å²) in [7, 11) is 0. The van der Waals surface area contributed by atoms with E-state index in [1.165, 1.54) is 19.3 Å². The molecule has 18 heavy (non-hydrogen) atoms. The van der Waals surface area contributed by atoms with Crippen molar-refractivity contribution in [3.05, 3.63) is 22.2 Å². The number of aryl methyl sites for hydroxylation is 1. The molecular formula is C14H19N3O. The lowest BCUT2D eigenvalue weighted by Crippen LogP contribution is -2.18. The van der Waals surface area contributed by atoms with Gasteiger partial charge in [-0.1, -0.05) is 6.92 Å². The van der Waals surface area contributed by atoms with E-state index in [-0.39, 0.29) is 5.56 Å². The third-order valence-electron chi connectivity index (χ3n) is 5.18. The van der Waals surface area contributed by atoms with E-state index in [2.05, 4.69) is 15.3 Å². The van der Waals surface area contributed by atoms with Crippen LogP contribution in [0.4, 0.5) is 5.82 Å². The van der Waals surface area contributed by atoms with Crippen LogP contribution in [0.1, 0.15) is 32.0 Å². The van der Waals surface area contributed by atoms with Crippen molar-refractivity contribution in [3.8, 4) is 0 Å². The van der Waals surface area contributed by atoms with Crippen LogP contribution in [-0.2, 0) is 6.42 Å². The molecule has 0 radical (unpaired) electrons. The molecule has 0 aliphatic heterocycles. The summed E-state index contributed by atoms with van der Waals surface area (Å²) >= 11 is 0. The Labute approximate surface area is 106 Å². The Kier molecular flexibility index (Phi) is 2.11. The quantitative estimate of drug-likeness (QED) is 0.853. The first-order valence-electron chi connectivity index (χ1n) is 7.13. The van der Waals surface area contributed by atoms with Crippen LogP contribution in [0, 0.1) is 23.7 Å². The number of aromatic nitrogens is 2. The molecule has 96 valence electrons. The number of aromatic amines is 1. The molecule has 4 nitrogen and oxygen atoms in total. The predicted octanol–water partition coefficient (Wildman–Crippen LogP) is 1.79. The van der Waals surface area contributed by atoms with Gasteiger partial charge in [-0.25, -0.2) is 4.98 Å². The molecule has 4 heteroatoms. The molecular weight excluding hydrogens is 226 g/mol. The molecule has 0 aromatic carbocycles. The monoisotopic (exact) mass is 245 g/mol. The maximum absolute atomic E-state index is 11.5. The van der Waals surface area contributed by atoms with Gasteiger partial charge in [-0.15, -0.1) is 0 Å². The van der Waals surface area contributed by atoms with Crippen molar-refractivity contribution < 1.29 is 0 Å². The van der Waals surface area contributed by atoms with Gasteiger partial charge in [0.05, 0.1) is 0 Å². The van der Waals surface area contributed by atoms with Crippen LogP contribution < -0.4 is 10.9 Å². The van der Waals surface area contributed by atoms with Gasteiger partial charge in [0, 0.05) is 18.5 Å². The Bertz CT molecular complexity index is 522. The fourth-order valence-corrected chi connectivity index (χ4v) is 4.44. The maximum atomic E-state index is 11.5. The largest absolute Gasteiger partial charge is 0.367 e. The number of nitrogens with one attached hydrogen (secondary N) is 2. The third-order valence-corrected chi connectivity index (χ3v) is 5.18. The second kappa shape index (κ2) is 3.59. The highest BCUT2D eigenvalue weighted by molar-refractivity contribution is 5.39. The minimum absolute atomic E-state index is 0.0434. The Morgan fingerprint density at radius 1 is 1.39 bits per heavy atom. The van der Waals surface area contributed by atoms with Crippen LogP contribution in [0.2, 0.25) is 0 Å². The molecule has 0 saturated heterocycles. The predicted molar refractivity (Wildman–Crippen MR) is 69.5 cm³/mol. The minimum Gasteiger partial charge on any atom is -0.367 e. The summed E-state index contributed by atoms with van der Waals surface area (Å²) in [5.74, 6) is 5.19. The second-order valence-electron chi connectivity index (χ2n) is 6.09. The lowest BCUT2D eigenvalue weighted by atomic mass is 10.0. The highest BCUT2D eigenvalue weighted by atomic mass is 16.1. The van der Waals surface area contributed by atoms with E-state index in [1.54, 1.807) is 6.07 Å². The number of hydrogen-bond donors (Lipinski definition) is 2. The number of fused-ring (bicyclic) bond motifs is 5. The van der Waals surface area contributed by atoms with Crippen molar-refractivity contribution in [3.63, 3.8) is 0 Å². The second-order valence-corrected chi connectivity index (χ2v) is 6.09. The number of H-pyrrole nitrogens is 1. The van der Waals surface area contributed by atoms with Gasteiger partial charge in [0.15, 0.2) is 0 Å². The van der Waals surface area contributed by atoms with Crippen LogP contribution in [0.25, 0.3) is 0 Å². The maximum Gasteiger partial charge on any atom is 0.252 e. The average Bonchev–Trinajstić information content (AvgIpc) is 2.76. The summed E-state index contributed by atoms with van der Waals surface area (Å²) in [5.41, 5.74) is -0.0434. The van der Waals surface area contributed by atoms with Crippen molar-refractivity contribution in [2.24, 2.45) is 23.7 Å². The van der Waals surface area contributed by atoms with Gasteiger partial charge >= 0.3 is 0 Å². The van der Waals surface area contributed by atoms with Crippen molar-refractivity contribution in [2.75, 3.05) is 5.32 Å². The molecule has 2 bridgehead atoms. The summed E-state index contributed by atoms with van der Waals surface area (Å²) in [5, 5.41) is 3.50. The molecule has 1 aromatic heterocycles. The first-order chi connectivity index (χ1) is 8.76. The van der Waals surface area contributed by atoms with E-state index in [0.717, 1.165) is 41.7 Å². The van der Waals surface area contributed by atoms with E-state index in [4.69, 9.17) is 0 Å². The molecule has 4 atom stereocenters. The van der Waals surface area contributed by atoms with Gasteiger partial charge in [-0.2, -0.15) is 0 Å². The Morgan fingerprint density at radius 2 is 2.11 bits per heavy atom. The summed E-state index contributed by atoms with van der Waals surface area (Å²) in [6, 6.07) is 2.19. The van der Waals surface area contributed by atoms with Gasteiger partial charge in [-0.3, -0.25) is 4.79 Å². The van der Waals surface area contributed by atoms with E-state index < -0.39 is 0 Å². The van der Waals surface area contributed by atoms with Crippen LogP contribution in [0.3, 0.4) is 0 Å². The molecule has 0 amide bonds. The normalized spacial score (nSPS) is 39.7. The molecule has 4 unspecified atom stereocenters. The van der Waals surface area contributed by atoms with Gasteiger partial charge in [0.2, 0.25) is 0 Å². The highest BCUT2D eigenvalue weighted by Crippen LogP contribution is 2.66.